The predicted octanol–water partition coefficient (Wildman–Crippen LogP) is 1.32. The Morgan fingerprint density at radius 1 is 1.28 bits per heavy atom. The average molecular weight is 261 g/mol. The number of carbonyl (C=O) groups excluding carboxylic acids is 1. The topological polar surface area (TPSA) is 95.8 Å². The second kappa shape index (κ2) is 5.28. The molecule has 0 fully saturated rings. The van der Waals surface area contributed by atoms with Crippen LogP contribution in [0.15, 0.2) is 36.7 Å². The fraction of sp³-hybridized carbons (Fsp3) is 0. The van der Waals surface area contributed by atoms with Gasteiger partial charge in [0.1, 0.15) is 5.69 Å². The summed E-state index contributed by atoms with van der Waals surface area (Å²) in [6.07, 6.45) is 1.37. The van der Waals surface area contributed by atoms with Gasteiger partial charge in [-0.05, 0) is 24.4 Å². The Kier molecular flexibility index (Phi) is 3.54. The molecule has 18 heavy (non-hydrogen) atoms. The van der Waals surface area contributed by atoms with Crippen LogP contribution in [0.2, 0.25) is 0 Å². The molecule has 0 bridgehead atoms. The van der Waals surface area contributed by atoms with Crippen molar-refractivity contribution >= 4 is 34.7 Å². The summed E-state index contributed by atoms with van der Waals surface area (Å²) in [7, 11) is 0. The summed E-state index contributed by atoms with van der Waals surface area (Å²) in [5.74, 6) is -0.298. The van der Waals surface area contributed by atoms with E-state index in [-0.39, 0.29) is 5.69 Å². The summed E-state index contributed by atoms with van der Waals surface area (Å²) in [5, 5.41) is 6.09. The number of para-hydroxylation sites is 1. The zero-order valence-corrected chi connectivity index (χ0v) is 10.1. The second-order valence-corrected chi connectivity index (χ2v) is 3.84. The van der Waals surface area contributed by atoms with Crippen LogP contribution >= 0.6 is 12.2 Å². The number of aromatic nitrogens is 2. The number of primary amides is 1. The van der Waals surface area contributed by atoms with E-state index >= 15 is 0 Å². The average Bonchev–Trinajstić information content (AvgIpc) is 2.78. The highest BCUT2D eigenvalue weighted by Crippen LogP contribution is 2.10. The van der Waals surface area contributed by atoms with Gasteiger partial charge in [0.25, 0.3) is 5.91 Å². The maximum atomic E-state index is 11.1. The van der Waals surface area contributed by atoms with E-state index in [1.54, 1.807) is 0 Å². The number of nitrogens with two attached hydrogens (primary N) is 1. The molecule has 2 aromatic rings. The molecule has 1 aromatic heterocycles. The van der Waals surface area contributed by atoms with Crippen molar-refractivity contribution in [2.45, 2.75) is 0 Å². The largest absolute Gasteiger partial charge is 0.364 e. The molecule has 1 aromatic carbocycles. The Morgan fingerprint density at radius 3 is 2.67 bits per heavy atom. The number of imidazole rings is 1. The molecule has 2 rings (SSSR count). The molecule has 92 valence electrons. The number of nitrogens with zero attached hydrogens (tertiary/aromatic N) is 1. The number of benzene rings is 1. The highest BCUT2D eigenvalue weighted by molar-refractivity contribution is 7.80. The van der Waals surface area contributed by atoms with Crippen molar-refractivity contribution in [2.24, 2.45) is 5.73 Å². The number of anilines is 2. The molecule has 1 heterocycles. The molecule has 0 spiro atoms. The molecule has 6 nitrogen and oxygen atoms in total. The van der Waals surface area contributed by atoms with Gasteiger partial charge in [0.15, 0.2) is 10.9 Å². The van der Waals surface area contributed by atoms with Crippen LogP contribution < -0.4 is 16.4 Å². The molecule has 0 atom stereocenters. The third kappa shape index (κ3) is 2.83. The minimum Gasteiger partial charge on any atom is -0.364 e. The zero-order chi connectivity index (χ0) is 13.0. The van der Waals surface area contributed by atoms with Crippen LogP contribution in [0.3, 0.4) is 0 Å². The lowest BCUT2D eigenvalue weighted by Crippen LogP contribution is -2.22. The molecule has 0 aliphatic rings. The Labute approximate surface area is 109 Å². The molecule has 0 saturated heterocycles. The van der Waals surface area contributed by atoms with E-state index in [2.05, 4.69) is 20.6 Å². The van der Waals surface area contributed by atoms with Crippen molar-refractivity contribution < 1.29 is 4.79 Å². The Morgan fingerprint density at radius 2 is 2.00 bits per heavy atom. The summed E-state index contributed by atoms with van der Waals surface area (Å²) >= 11 is 5.10. The van der Waals surface area contributed by atoms with Gasteiger partial charge in [-0.1, -0.05) is 18.2 Å². The van der Waals surface area contributed by atoms with E-state index in [9.17, 15) is 4.79 Å². The van der Waals surface area contributed by atoms with E-state index in [1.807, 2.05) is 30.3 Å². The maximum absolute atomic E-state index is 11.1. The third-order valence-corrected chi connectivity index (χ3v) is 2.35. The van der Waals surface area contributed by atoms with E-state index in [1.165, 1.54) is 6.33 Å². The summed E-state index contributed by atoms with van der Waals surface area (Å²) in [6, 6.07) is 9.41. The van der Waals surface area contributed by atoms with Crippen LogP contribution in [0, 0.1) is 0 Å². The zero-order valence-electron chi connectivity index (χ0n) is 9.31. The minimum absolute atomic E-state index is 0.187. The molecule has 5 N–H and O–H groups in total. The van der Waals surface area contributed by atoms with Crippen molar-refractivity contribution in [1.29, 1.82) is 0 Å². The highest BCUT2D eigenvalue weighted by atomic mass is 32.1. The molecule has 0 aliphatic carbocycles. The van der Waals surface area contributed by atoms with Gasteiger partial charge in [-0.25, -0.2) is 4.98 Å². The molecule has 0 aliphatic heterocycles. The van der Waals surface area contributed by atoms with Crippen LogP contribution in [0.25, 0.3) is 0 Å². The number of amides is 1. The summed E-state index contributed by atoms with van der Waals surface area (Å²) in [6.45, 7) is 0. The summed E-state index contributed by atoms with van der Waals surface area (Å²) in [5.41, 5.74) is 6.20. The third-order valence-electron chi connectivity index (χ3n) is 2.15. The van der Waals surface area contributed by atoms with E-state index in [4.69, 9.17) is 18.0 Å². The molecule has 0 unspecified atom stereocenters. The highest BCUT2D eigenvalue weighted by Gasteiger charge is 2.11. The van der Waals surface area contributed by atoms with Crippen molar-refractivity contribution in [2.75, 3.05) is 10.6 Å². The molecular weight excluding hydrogens is 250 g/mol. The van der Waals surface area contributed by atoms with Crippen molar-refractivity contribution in [3.05, 3.63) is 42.4 Å². The normalized spacial score (nSPS) is 9.78. The molecule has 0 radical (unpaired) electrons. The first kappa shape index (κ1) is 12.1. The van der Waals surface area contributed by atoms with Gasteiger partial charge in [-0.3, -0.25) is 4.79 Å². The lowest BCUT2D eigenvalue weighted by Gasteiger charge is -2.09. The molecular formula is C11H11N5OS. The van der Waals surface area contributed by atoms with Crippen LogP contribution in [-0.4, -0.2) is 21.0 Å². The Balaban J connectivity index is 2.04. The number of thiocarbonyl (C=S) groups is 1. The lowest BCUT2D eigenvalue weighted by atomic mass is 10.3. The van der Waals surface area contributed by atoms with Gasteiger partial charge in [0.2, 0.25) is 0 Å². The van der Waals surface area contributed by atoms with Gasteiger partial charge >= 0.3 is 0 Å². The first-order valence-electron chi connectivity index (χ1n) is 5.13. The fourth-order valence-corrected chi connectivity index (χ4v) is 1.58. The number of aromatic amines is 1. The first-order chi connectivity index (χ1) is 8.66. The molecule has 7 heteroatoms. The van der Waals surface area contributed by atoms with Gasteiger partial charge in [-0.15, -0.1) is 0 Å². The van der Waals surface area contributed by atoms with Gasteiger partial charge in [0.05, 0.1) is 6.33 Å². The number of hydrogen-bond donors (Lipinski definition) is 4. The maximum Gasteiger partial charge on any atom is 0.269 e. The smallest absolute Gasteiger partial charge is 0.269 e. The van der Waals surface area contributed by atoms with Crippen LogP contribution in [-0.2, 0) is 0 Å². The number of H-pyrrole nitrogens is 1. The Hall–Kier alpha value is -2.41. The van der Waals surface area contributed by atoms with Crippen molar-refractivity contribution in [1.82, 2.24) is 9.97 Å². The van der Waals surface area contributed by atoms with E-state index < -0.39 is 5.91 Å². The quantitative estimate of drug-likeness (QED) is 0.625. The number of hydrogen-bond acceptors (Lipinski definition) is 3. The fourth-order valence-electron chi connectivity index (χ4n) is 1.37. The SMILES string of the molecule is NC(=O)c1[nH]cnc1NC(=S)Nc1ccccc1. The standard InChI is InChI=1S/C11H11N5OS/c12-9(17)8-10(14-6-13-8)16-11(18)15-7-4-2-1-3-5-7/h1-6H,(H2,12,17)(H,13,14)(H2,15,16,18). The number of carbonyl (C=O) groups is 1. The second-order valence-electron chi connectivity index (χ2n) is 3.44. The van der Waals surface area contributed by atoms with Crippen molar-refractivity contribution in [3.63, 3.8) is 0 Å². The summed E-state index contributed by atoms with van der Waals surface area (Å²) < 4.78 is 0. The van der Waals surface area contributed by atoms with Crippen LogP contribution in [0.1, 0.15) is 10.5 Å². The van der Waals surface area contributed by atoms with Crippen LogP contribution in [0.4, 0.5) is 11.5 Å². The predicted molar refractivity (Wildman–Crippen MR) is 73.4 cm³/mol. The first-order valence-corrected chi connectivity index (χ1v) is 5.54. The van der Waals surface area contributed by atoms with E-state index in [0.29, 0.717) is 10.9 Å². The lowest BCUT2D eigenvalue weighted by molar-refractivity contribution is 0.0997. The number of rotatable bonds is 3. The molecule has 0 saturated carbocycles. The minimum atomic E-state index is -0.600. The summed E-state index contributed by atoms with van der Waals surface area (Å²) in [4.78, 5) is 17.6. The van der Waals surface area contributed by atoms with Gasteiger partial charge < -0.3 is 21.4 Å². The van der Waals surface area contributed by atoms with Crippen molar-refractivity contribution in [3.8, 4) is 0 Å². The monoisotopic (exact) mass is 261 g/mol. The Bertz CT molecular complexity index is 566. The molecule has 1 amide bonds. The van der Waals surface area contributed by atoms with Crippen LogP contribution in [0.5, 0.6) is 0 Å². The van der Waals surface area contributed by atoms with Gasteiger partial charge in [-0.2, -0.15) is 0 Å². The van der Waals surface area contributed by atoms with E-state index in [0.717, 1.165) is 5.69 Å². The van der Waals surface area contributed by atoms with Gasteiger partial charge in [0, 0.05) is 5.69 Å². The number of nitrogens with one attached hydrogen (secondary N) is 3.